The number of aromatic carboxylic acids is 1. The average molecular weight is 407 g/mol. The molecule has 2 aromatic rings. The van der Waals surface area contributed by atoms with Crippen LogP contribution in [0.3, 0.4) is 0 Å². The third-order valence-electron chi connectivity index (χ3n) is 4.41. The van der Waals surface area contributed by atoms with Crippen molar-refractivity contribution in [1.82, 2.24) is 4.72 Å². The molecule has 8 heteroatoms. The Labute approximate surface area is 165 Å². The molecule has 0 bridgehead atoms. The first-order valence-electron chi connectivity index (χ1n) is 9.03. The van der Waals surface area contributed by atoms with Gasteiger partial charge in [-0.3, -0.25) is 0 Å². The lowest BCUT2D eigenvalue weighted by molar-refractivity contribution is 0.0697. The number of carboxylic acid groups (broad SMARTS) is 1. The topological polar surface area (TPSA) is 105 Å². The van der Waals surface area contributed by atoms with Crippen molar-refractivity contribution in [1.29, 1.82) is 0 Å². The summed E-state index contributed by atoms with van der Waals surface area (Å²) in [5.74, 6) is -0.447. The molecule has 2 aromatic carbocycles. The molecule has 0 unspecified atom stereocenters. The first-order chi connectivity index (χ1) is 13.3. The molecule has 0 aliphatic carbocycles. The predicted molar refractivity (Wildman–Crippen MR) is 109 cm³/mol. The van der Waals surface area contributed by atoms with Crippen LogP contribution in [0.4, 0.5) is 5.69 Å². The number of benzene rings is 2. The normalized spacial score (nSPS) is 12.4. The van der Waals surface area contributed by atoms with E-state index in [1.54, 1.807) is 7.11 Å². The SMILES string of the molecule is CC[C@@H](C)Nc1ccc(S(=O)(=O)NCCc2ccc(OC)cc2)cc1C(=O)O. The van der Waals surface area contributed by atoms with Gasteiger partial charge in [0.2, 0.25) is 10.0 Å². The zero-order valence-corrected chi connectivity index (χ0v) is 17.0. The van der Waals surface area contributed by atoms with Crippen molar-refractivity contribution in [2.45, 2.75) is 37.6 Å². The molecular formula is C20H26N2O5S. The third-order valence-corrected chi connectivity index (χ3v) is 5.87. The van der Waals surface area contributed by atoms with Crippen molar-refractivity contribution in [2.75, 3.05) is 19.0 Å². The molecule has 0 saturated heterocycles. The van der Waals surface area contributed by atoms with Crippen molar-refractivity contribution in [3.8, 4) is 5.75 Å². The maximum Gasteiger partial charge on any atom is 0.337 e. The quantitative estimate of drug-likeness (QED) is 0.560. The smallest absolute Gasteiger partial charge is 0.337 e. The number of sulfonamides is 1. The lowest BCUT2D eigenvalue weighted by Gasteiger charge is -2.16. The van der Waals surface area contributed by atoms with E-state index in [1.807, 2.05) is 38.1 Å². The molecule has 7 nitrogen and oxygen atoms in total. The van der Waals surface area contributed by atoms with Crippen molar-refractivity contribution in [3.05, 3.63) is 53.6 Å². The minimum Gasteiger partial charge on any atom is -0.497 e. The lowest BCUT2D eigenvalue weighted by atomic mass is 10.1. The van der Waals surface area contributed by atoms with Gasteiger partial charge >= 0.3 is 5.97 Å². The first kappa shape index (κ1) is 21.7. The predicted octanol–water partition coefficient (Wildman–Crippen LogP) is 3.12. The van der Waals surface area contributed by atoms with Gasteiger partial charge in [-0.05, 0) is 55.7 Å². The maximum atomic E-state index is 12.5. The molecule has 28 heavy (non-hydrogen) atoms. The summed E-state index contributed by atoms with van der Waals surface area (Å²) in [5, 5.41) is 12.5. The van der Waals surface area contributed by atoms with Crippen molar-refractivity contribution in [3.63, 3.8) is 0 Å². The Hall–Kier alpha value is -2.58. The van der Waals surface area contributed by atoms with E-state index in [9.17, 15) is 18.3 Å². The number of ether oxygens (including phenoxy) is 1. The van der Waals surface area contributed by atoms with Gasteiger partial charge in [0, 0.05) is 18.3 Å². The molecule has 2 rings (SSSR count). The summed E-state index contributed by atoms with van der Waals surface area (Å²) in [5.41, 5.74) is 1.29. The monoisotopic (exact) mass is 406 g/mol. The second kappa shape index (κ2) is 9.57. The number of hydrogen-bond acceptors (Lipinski definition) is 5. The van der Waals surface area contributed by atoms with Gasteiger partial charge in [0.1, 0.15) is 5.75 Å². The molecule has 1 atom stereocenters. The first-order valence-corrected chi connectivity index (χ1v) is 10.5. The molecule has 152 valence electrons. The zero-order chi connectivity index (χ0) is 20.7. The minimum atomic E-state index is -3.82. The Morgan fingerprint density at radius 1 is 1.18 bits per heavy atom. The van der Waals surface area contributed by atoms with Crippen molar-refractivity contribution >= 4 is 21.7 Å². The Balaban J connectivity index is 2.10. The Kier molecular flexibility index (Phi) is 7.42. The van der Waals surface area contributed by atoms with Crippen LogP contribution in [0, 0.1) is 0 Å². The standard InChI is InChI=1S/C20H26N2O5S/c1-4-14(2)22-19-10-9-17(13-18(19)20(23)24)28(25,26)21-12-11-15-5-7-16(27-3)8-6-15/h5-10,13-14,21-22H,4,11-12H2,1-3H3,(H,23,24)/t14-/m1/s1. The fourth-order valence-electron chi connectivity index (χ4n) is 2.57. The van der Waals surface area contributed by atoms with Crippen LogP contribution >= 0.6 is 0 Å². The largest absolute Gasteiger partial charge is 0.497 e. The molecule has 0 saturated carbocycles. The number of rotatable bonds is 10. The van der Waals surface area contributed by atoms with E-state index in [1.165, 1.54) is 18.2 Å². The van der Waals surface area contributed by atoms with Crippen LogP contribution < -0.4 is 14.8 Å². The van der Waals surface area contributed by atoms with Crippen molar-refractivity contribution < 1.29 is 23.1 Å². The van der Waals surface area contributed by atoms with E-state index in [-0.39, 0.29) is 23.0 Å². The lowest BCUT2D eigenvalue weighted by Crippen LogP contribution is -2.26. The summed E-state index contributed by atoms with van der Waals surface area (Å²) in [6, 6.07) is 11.5. The summed E-state index contributed by atoms with van der Waals surface area (Å²) in [4.78, 5) is 11.5. The Morgan fingerprint density at radius 3 is 2.43 bits per heavy atom. The van der Waals surface area contributed by atoms with Gasteiger partial charge in [-0.1, -0.05) is 19.1 Å². The van der Waals surface area contributed by atoms with Crippen LogP contribution in [0.1, 0.15) is 36.2 Å². The van der Waals surface area contributed by atoms with E-state index in [0.29, 0.717) is 12.1 Å². The van der Waals surface area contributed by atoms with Crippen LogP contribution in [0.5, 0.6) is 5.75 Å². The van der Waals surface area contributed by atoms with Crippen LogP contribution in [-0.4, -0.2) is 39.2 Å². The highest BCUT2D eigenvalue weighted by atomic mass is 32.2. The zero-order valence-electron chi connectivity index (χ0n) is 16.2. The van der Waals surface area contributed by atoms with Gasteiger partial charge in [-0.2, -0.15) is 0 Å². The van der Waals surface area contributed by atoms with Crippen molar-refractivity contribution in [2.24, 2.45) is 0 Å². The average Bonchev–Trinajstić information content (AvgIpc) is 2.68. The number of methoxy groups -OCH3 is 1. The third kappa shape index (κ3) is 5.71. The number of anilines is 1. The van der Waals surface area contributed by atoms with Crippen LogP contribution in [0.2, 0.25) is 0 Å². The number of nitrogens with one attached hydrogen (secondary N) is 2. The van der Waals surface area contributed by atoms with E-state index in [0.717, 1.165) is 17.7 Å². The number of hydrogen-bond donors (Lipinski definition) is 3. The van der Waals surface area contributed by atoms with E-state index in [2.05, 4.69) is 10.0 Å². The van der Waals surface area contributed by atoms with Gasteiger partial charge in [0.05, 0.1) is 17.6 Å². The van der Waals surface area contributed by atoms with Crippen LogP contribution in [-0.2, 0) is 16.4 Å². The van der Waals surface area contributed by atoms with Crippen LogP contribution in [0.15, 0.2) is 47.4 Å². The molecule has 0 aromatic heterocycles. The molecular weight excluding hydrogens is 380 g/mol. The highest BCUT2D eigenvalue weighted by Gasteiger charge is 2.19. The summed E-state index contributed by atoms with van der Waals surface area (Å²) < 4.78 is 32.7. The minimum absolute atomic E-state index is 0.0710. The molecule has 0 spiro atoms. The van der Waals surface area contributed by atoms with Gasteiger partial charge in [0.25, 0.3) is 0 Å². The fourth-order valence-corrected chi connectivity index (χ4v) is 3.62. The Morgan fingerprint density at radius 2 is 1.86 bits per heavy atom. The summed E-state index contributed by atoms with van der Waals surface area (Å²) in [6.45, 7) is 4.10. The van der Waals surface area contributed by atoms with Gasteiger partial charge in [0.15, 0.2) is 0 Å². The van der Waals surface area contributed by atoms with E-state index in [4.69, 9.17) is 4.74 Å². The highest BCUT2D eigenvalue weighted by molar-refractivity contribution is 7.89. The molecule has 0 aliphatic rings. The second-order valence-electron chi connectivity index (χ2n) is 6.46. The molecule has 0 radical (unpaired) electrons. The molecule has 0 fully saturated rings. The fraction of sp³-hybridized carbons (Fsp3) is 0.350. The highest BCUT2D eigenvalue weighted by Crippen LogP contribution is 2.22. The maximum absolute atomic E-state index is 12.5. The van der Waals surface area contributed by atoms with Gasteiger partial charge in [-0.15, -0.1) is 0 Å². The second-order valence-corrected chi connectivity index (χ2v) is 8.23. The van der Waals surface area contributed by atoms with E-state index >= 15 is 0 Å². The summed E-state index contributed by atoms with van der Waals surface area (Å²) in [6.07, 6.45) is 1.31. The van der Waals surface area contributed by atoms with Crippen LogP contribution in [0.25, 0.3) is 0 Å². The Bertz CT molecular complexity index is 911. The molecule has 0 heterocycles. The van der Waals surface area contributed by atoms with E-state index < -0.39 is 16.0 Å². The molecule has 0 aliphatic heterocycles. The number of carbonyl (C=O) groups is 1. The summed E-state index contributed by atoms with van der Waals surface area (Å²) in [7, 11) is -2.23. The number of carboxylic acids is 1. The molecule has 3 N–H and O–H groups in total. The summed E-state index contributed by atoms with van der Waals surface area (Å²) >= 11 is 0. The molecule has 0 amide bonds. The van der Waals surface area contributed by atoms with Gasteiger partial charge < -0.3 is 15.2 Å². The van der Waals surface area contributed by atoms with Gasteiger partial charge in [-0.25, -0.2) is 17.9 Å².